The molecule has 1 aromatic carbocycles. The highest BCUT2D eigenvalue weighted by Crippen LogP contribution is 2.37. The fourth-order valence-electron chi connectivity index (χ4n) is 5.66. The number of Topliss-reactive ketones (excluding diaryl/α,β-unsaturated/α-hetero) is 1. The lowest BCUT2D eigenvalue weighted by atomic mass is 9.96. The van der Waals surface area contributed by atoms with Crippen molar-refractivity contribution in [2.24, 2.45) is 0 Å². The van der Waals surface area contributed by atoms with E-state index in [1.54, 1.807) is 0 Å². The van der Waals surface area contributed by atoms with Gasteiger partial charge in [0, 0.05) is 48.5 Å². The lowest BCUT2D eigenvalue weighted by Crippen LogP contribution is -2.67. The normalized spacial score (nSPS) is 27.6. The zero-order valence-electron chi connectivity index (χ0n) is 30.6. The molecule has 20 heteroatoms. The van der Waals surface area contributed by atoms with Crippen LogP contribution in [0.4, 0.5) is 0 Å². The van der Waals surface area contributed by atoms with Crippen LogP contribution in [0.2, 0.25) is 0 Å². The highest BCUT2D eigenvalue weighted by atomic mass is 16.8. The zero-order valence-corrected chi connectivity index (χ0v) is 30.6. The van der Waals surface area contributed by atoms with Gasteiger partial charge in [0.25, 0.3) is 0 Å². The van der Waals surface area contributed by atoms with Crippen LogP contribution in [0.3, 0.4) is 0 Å². The molecule has 0 aromatic heterocycles. The minimum absolute atomic E-state index is 0.239. The standard InChI is InChI=1S/C34H42O20/c1-14(35)26-22(43)10-9-11-23(26)51-33-31(49-20(7)41)30(48-19(6)40)28(25(52-33)13-45-16(3)37)54-34-32(50-21(8)42)29(47-18(5)39)27(46-17(4)38)24(53-34)12-44-15(2)36/h9-11,24-25,27-34,43H,12-13H2,1-8H3/t24-,25-,27-,28-,29+,30+,31-,32-,33-,34-/m1/s1. The molecule has 0 amide bonds. The molecule has 0 unspecified atom stereocenters. The first-order chi connectivity index (χ1) is 25.3. The van der Waals surface area contributed by atoms with Gasteiger partial charge in [-0.3, -0.25) is 38.4 Å². The molecule has 0 spiro atoms. The fraction of sp³-hybridized carbons (Fsp3) is 0.588. The van der Waals surface area contributed by atoms with Crippen molar-refractivity contribution in [1.29, 1.82) is 0 Å². The molecular weight excluding hydrogens is 728 g/mol. The second-order valence-corrected chi connectivity index (χ2v) is 12.0. The number of hydrogen-bond acceptors (Lipinski definition) is 20. The Morgan fingerprint density at radius 2 is 0.944 bits per heavy atom. The van der Waals surface area contributed by atoms with Crippen molar-refractivity contribution < 1.29 is 95.6 Å². The van der Waals surface area contributed by atoms with Gasteiger partial charge in [-0.1, -0.05) is 6.07 Å². The number of carbonyl (C=O) groups excluding carboxylic acids is 8. The van der Waals surface area contributed by atoms with Gasteiger partial charge in [-0.15, -0.1) is 0 Å². The first-order valence-corrected chi connectivity index (χ1v) is 16.4. The van der Waals surface area contributed by atoms with E-state index < -0.39 is 128 Å². The van der Waals surface area contributed by atoms with E-state index in [-0.39, 0.29) is 11.3 Å². The third kappa shape index (κ3) is 11.8. The average Bonchev–Trinajstić information content (AvgIpc) is 3.03. The Kier molecular flexibility index (Phi) is 15.3. The minimum atomic E-state index is -1.87. The molecular formula is C34H42O20. The maximum atomic E-state index is 12.6. The van der Waals surface area contributed by atoms with Crippen molar-refractivity contribution >= 4 is 47.6 Å². The van der Waals surface area contributed by atoms with Gasteiger partial charge in [0.15, 0.2) is 36.5 Å². The third-order valence-electron chi connectivity index (χ3n) is 7.49. The lowest BCUT2D eigenvalue weighted by Gasteiger charge is -2.48. The Balaban J connectivity index is 2.22. The van der Waals surface area contributed by atoms with Gasteiger partial charge in [-0.25, -0.2) is 0 Å². The molecule has 0 bridgehead atoms. The fourth-order valence-corrected chi connectivity index (χ4v) is 5.66. The molecule has 1 aromatic rings. The Hall–Kier alpha value is -5.34. The Labute approximate surface area is 308 Å². The van der Waals surface area contributed by atoms with Gasteiger partial charge >= 0.3 is 41.8 Å². The van der Waals surface area contributed by atoms with Gasteiger partial charge in [-0.2, -0.15) is 0 Å². The quantitative estimate of drug-likeness (QED) is 0.154. The van der Waals surface area contributed by atoms with Crippen LogP contribution in [-0.4, -0.2) is 127 Å². The van der Waals surface area contributed by atoms with Gasteiger partial charge in [0.05, 0.1) is 0 Å². The van der Waals surface area contributed by atoms with E-state index in [0.29, 0.717) is 0 Å². The van der Waals surface area contributed by atoms with Crippen LogP contribution < -0.4 is 4.74 Å². The van der Waals surface area contributed by atoms with E-state index in [4.69, 9.17) is 52.1 Å². The summed E-state index contributed by atoms with van der Waals surface area (Å²) in [7, 11) is 0. The maximum Gasteiger partial charge on any atom is 0.303 e. The summed E-state index contributed by atoms with van der Waals surface area (Å²) in [6.45, 7) is 7.09. The number of rotatable bonds is 14. The smallest absolute Gasteiger partial charge is 0.303 e. The first-order valence-electron chi connectivity index (χ1n) is 16.4. The maximum absolute atomic E-state index is 12.6. The molecule has 0 aliphatic carbocycles. The number of phenols is 1. The SMILES string of the molecule is CC(=O)OC[C@H]1O[C@H](O[C@H]2[C@H](OC(C)=O)[C@@H](OC(C)=O)[C@H](Oc3cccc(O)c3C(C)=O)O[C@@H]2COC(C)=O)[C@H](OC(C)=O)[C@@H](OC(C)=O)[C@@H]1OC(C)=O. The van der Waals surface area contributed by atoms with Crippen molar-refractivity contribution in [3.63, 3.8) is 0 Å². The average molecular weight is 771 g/mol. The predicted octanol–water partition coefficient (Wildman–Crippen LogP) is 0.593. The van der Waals surface area contributed by atoms with Gasteiger partial charge < -0.3 is 57.2 Å². The second kappa shape index (κ2) is 19.1. The Morgan fingerprint density at radius 1 is 0.537 bits per heavy atom. The van der Waals surface area contributed by atoms with E-state index in [1.165, 1.54) is 18.2 Å². The summed E-state index contributed by atoms with van der Waals surface area (Å²) in [5.41, 5.74) is -0.279. The van der Waals surface area contributed by atoms with Gasteiger partial charge in [0.1, 0.15) is 48.6 Å². The highest BCUT2D eigenvalue weighted by molar-refractivity contribution is 5.99. The number of esters is 7. The van der Waals surface area contributed by atoms with Crippen molar-refractivity contribution in [1.82, 2.24) is 0 Å². The second-order valence-electron chi connectivity index (χ2n) is 12.0. The number of carbonyl (C=O) groups is 8. The summed E-state index contributed by atoms with van der Waals surface area (Å²) in [6.07, 6.45) is -16.8. The number of phenolic OH excluding ortho intramolecular Hbond substituents is 1. The number of aromatic hydroxyl groups is 1. The molecule has 3 rings (SSSR count). The molecule has 1 N–H and O–H groups in total. The monoisotopic (exact) mass is 770 g/mol. The predicted molar refractivity (Wildman–Crippen MR) is 172 cm³/mol. The topological polar surface area (TPSA) is 258 Å². The minimum Gasteiger partial charge on any atom is -0.507 e. The van der Waals surface area contributed by atoms with Crippen LogP contribution in [0.15, 0.2) is 18.2 Å². The molecule has 10 atom stereocenters. The van der Waals surface area contributed by atoms with Crippen LogP contribution >= 0.6 is 0 Å². The summed E-state index contributed by atoms with van der Waals surface area (Å²) in [5, 5.41) is 10.4. The highest BCUT2D eigenvalue weighted by Gasteiger charge is 2.58. The summed E-state index contributed by atoms with van der Waals surface area (Å²) >= 11 is 0. The van der Waals surface area contributed by atoms with E-state index in [9.17, 15) is 43.5 Å². The molecule has 2 aliphatic heterocycles. The summed E-state index contributed by atoms with van der Waals surface area (Å²) in [5.74, 6) is -7.59. The molecule has 0 saturated carbocycles. The van der Waals surface area contributed by atoms with Crippen LogP contribution in [0, 0.1) is 0 Å². The zero-order chi connectivity index (χ0) is 40.4. The van der Waals surface area contributed by atoms with E-state index in [1.807, 2.05) is 0 Å². The van der Waals surface area contributed by atoms with Crippen LogP contribution in [0.1, 0.15) is 65.7 Å². The van der Waals surface area contributed by atoms with Crippen LogP contribution in [-0.2, 0) is 80.9 Å². The molecule has 20 nitrogen and oxygen atoms in total. The molecule has 2 aliphatic rings. The molecule has 2 heterocycles. The molecule has 2 saturated heterocycles. The van der Waals surface area contributed by atoms with Crippen molar-refractivity contribution in [3.8, 4) is 11.5 Å². The number of ether oxygens (including phenoxy) is 11. The lowest BCUT2D eigenvalue weighted by molar-refractivity contribution is -0.354. The van der Waals surface area contributed by atoms with E-state index in [2.05, 4.69) is 0 Å². The largest absolute Gasteiger partial charge is 0.507 e. The van der Waals surface area contributed by atoms with Crippen LogP contribution in [0.25, 0.3) is 0 Å². The summed E-state index contributed by atoms with van der Waals surface area (Å²) in [4.78, 5) is 98.3. The third-order valence-corrected chi connectivity index (χ3v) is 7.49. The molecule has 54 heavy (non-hydrogen) atoms. The van der Waals surface area contributed by atoms with Crippen molar-refractivity contribution in [2.75, 3.05) is 13.2 Å². The summed E-state index contributed by atoms with van der Waals surface area (Å²) < 4.78 is 62.1. The summed E-state index contributed by atoms with van der Waals surface area (Å²) in [6, 6.07) is 3.86. The number of hydrogen-bond donors (Lipinski definition) is 1. The number of benzene rings is 1. The van der Waals surface area contributed by atoms with Gasteiger partial charge in [0.2, 0.25) is 12.4 Å². The number of ketones is 1. The van der Waals surface area contributed by atoms with Crippen LogP contribution in [0.5, 0.6) is 11.5 Å². The first kappa shape index (κ1) is 43.1. The Bertz CT molecular complexity index is 1590. The molecule has 298 valence electrons. The molecule has 0 radical (unpaired) electrons. The van der Waals surface area contributed by atoms with Gasteiger partial charge in [-0.05, 0) is 19.1 Å². The Morgan fingerprint density at radius 3 is 1.41 bits per heavy atom. The van der Waals surface area contributed by atoms with Crippen molar-refractivity contribution in [3.05, 3.63) is 23.8 Å². The van der Waals surface area contributed by atoms with E-state index >= 15 is 0 Å². The van der Waals surface area contributed by atoms with E-state index in [0.717, 1.165) is 55.4 Å². The van der Waals surface area contributed by atoms with Crippen molar-refractivity contribution in [2.45, 2.75) is 117 Å². The molecule has 2 fully saturated rings.